The van der Waals surface area contributed by atoms with Crippen LogP contribution >= 0.6 is 0 Å². The quantitative estimate of drug-likeness (QED) is 0.711. The normalized spacial score (nSPS) is 11.3. The number of aromatic amines is 1. The molecule has 3 N–H and O–H groups in total. The highest BCUT2D eigenvalue weighted by atomic mass is 16.3. The molecule has 1 amide bonds. The van der Waals surface area contributed by atoms with Gasteiger partial charge in [-0.1, -0.05) is 13.8 Å². The zero-order valence-electron chi connectivity index (χ0n) is 10.3. The first kappa shape index (κ1) is 13.4. The van der Waals surface area contributed by atoms with Crippen molar-refractivity contribution < 1.29 is 9.90 Å². The summed E-state index contributed by atoms with van der Waals surface area (Å²) in [4.78, 5) is 25.8. The lowest BCUT2D eigenvalue weighted by molar-refractivity contribution is 0.0909. The molecule has 0 bridgehead atoms. The van der Waals surface area contributed by atoms with Crippen LogP contribution in [-0.4, -0.2) is 29.1 Å². The molecule has 0 radical (unpaired) electrons. The third-order valence-corrected chi connectivity index (χ3v) is 2.46. The number of aliphatic hydroxyl groups excluding tert-OH is 1. The van der Waals surface area contributed by atoms with Gasteiger partial charge in [-0.25, -0.2) is 0 Å². The molecular weight excluding hydrogens is 220 g/mol. The minimum Gasteiger partial charge on any atom is -0.396 e. The van der Waals surface area contributed by atoms with E-state index in [2.05, 4.69) is 10.3 Å². The van der Waals surface area contributed by atoms with Gasteiger partial charge in [0.15, 0.2) is 0 Å². The molecule has 5 heteroatoms. The lowest BCUT2D eigenvalue weighted by Crippen LogP contribution is -2.38. The summed E-state index contributed by atoms with van der Waals surface area (Å²) < 4.78 is 0. The Balaban J connectivity index is 2.74. The van der Waals surface area contributed by atoms with E-state index in [1.54, 1.807) is 13.0 Å². The maximum Gasteiger partial charge on any atom is 0.260 e. The highest BCUT2D eigenvalue weighted by molar-refractivity contribution is 5.93. The van der Waals surface area contributed by atoms with Crippen LogP contribution in [0.1, 0.15) is 29.9 Å². The first-order chi connectivity index (χ1) is 7.85. The van der Waals surface area contributed by atoms with Crippen molar-refractivity contribution in [2.45, 2.75) is 20.8 Å². The zero-order valence-corrected chi connectivity index (χ0v) is 10.3. The number of amides is 1. The Kier molecular flexibility index (Phi) is 4.07. The Morgan fingerprint density at radius 3 is 2.65 bits per heavy atom. The van der Waals surface area contributed by atoms with Gasteiger partial charge in [0.25, 0.3) is 11.5 Å². The second-order valence-electron chi connectivity index (χ2n) is 4.89. The van der Waals surface area contributed by atoms with E-state index >= 15 is 0 Å². The molecule has 0 saturated heterocycles. The Bertz CT molecular complexity index is 463. The fourth-order valence-corrected chi connectivity index (χ4v) is 1.22. The number of H-pyrrole nitrogens is 1. The van der Waals surface area contributed by atoms with Crippen molar-refractivity contribution in [1.82, 2.24) is 10.3 Å². The minimum atomic E-state index is -0.423. The maximum absolute atomic E-state index is 11.7. The highest BCUT2D eigenvalue weighted by Crippen LogP contribution is 2.11. The summed E-state index contributed by atoms with van der Waals surface area (Å²) in [6.07, 6.45) is 0. The van der Waals surface area contributed by atoms with Gasteiger partial charge in [0.05, 0.1) is 0 Å². The fraction of sp³-hybridized carbons (Fsp3) is 0.500. The summed E-state index contributed by atoms with van der Waals surface area (Å²) >= 11 is 0. The van der Waals surface area contributed by atoms with Crippen molar-refractivity contribution in [3.05, 3.63) is 33.7 Å². The second kappa shape index (κ2) is 5.14. The Hall–Kier alpha value is -1.62. The van der Waals surface area contributed by atoms with Crippen molar-refractivity contribution in [3.63, 3.8) is 0 Å². The summed E-state index contributed by atoms with van der Waals surface area (Å²) in [5.41, 5.74) is 0.00325. The van der Waals surface area contributed by atoms with E-state index in [0.29, 0.717) is 12.2 Å². The number of hydrogen-bond donors (Lipinski definition) is 3. The van der Waals surface area contributed by atoms with Crippen LogP contribution in [0.3, 0.4) is 0 Å². The molecule has 0 aliphatic heterocycles. The molecular formula is C12H18N2O3. The largest absolute Gasteiger partial charge is 0.396 e. The molecule has 0 spiro atoms. The van der Waals surface area contributed by atoms with Crippen LogP contribution in [0.2, 0.25) is 0 Å². The number of hydrogen-bond acceptors (Lipinski definition) is 3. The van der Waals surface area contributed by atoms with Crippen molar-refractivity contribution in [2.24, 2.45) is 5.41 Å². The second-order valence-corrected chi connectivity index (χ2v) is 4.89. The van der Waals surface area contributed by atoms with Crippen molar-refractivity contribution >= 4 is 5.91 Å². The van der Waals surface area contributed by atoms with Gasteiger partial charge in [0.2, 0.25) is 0 Å². The SMILES string of the molecule is Cc1ccc(C(=O)NCC(C)(C)CO)c(=O)[nH]1. The molecule has 0 saturated carbocycles. The van der Waals surface area contributed by atoms with Gasteiger partial charge in [-0.15, -0.1) is 0 Å². The molecule has 1 aromatic heterocycles. The lowest BCUT2D eigenvalue weighted by atomic mass is 9.95. The summed E-state index contributed by atoms with van der Waals surface area (Å²) in [5.74, 6) is -0.423. The number of aliphatic hydroxyl groups is 1. The average molecular weight is 238 g/mol. The van der Waals surface area contributed by atoms with E-state index in [9.17, 15) is 9.59 Å². The number of rotatable bonds is 4. The van der Waals surface area contributed by atoms with E-state index in [0.717, 1.165) is 0 Å². The fourth-order valence-electron chi connectivity index (χ4n) is 1.22. The molecule has 17 heavy (non-hydrogen) atoms. The number of carbonyl (C=O) groups is 1. The molecule has 94 valence electrons. The average Bonchev–Trinajstić information content (AvgIpc) is 2.26. The van der Waals surface area contributed by atoms with Gasteiger partial charge < -0.3 is 15.4 Å². The van der Waals surface area contributed by atoms with Gasteiger partial charge in [-0.3, -0.25) is 9.59 Å². The van der Waals surface area contributed by atoms with Crippen LogP contribution in [0, 0.1) is 12.3 Å². The standard InChI is InChI=1S/C12H18N2O3/c1-8-4-5-9(11(17)14-8)10(16)13-6-12(2,3)7-15/h4-5,15H,6-7H2,1-3H3,(H,13,16)(H,14,17). The predicted molar refractivity (Wildman–Crippen MR) is 65.0 cm³/mol. The van der Waals surface area contributed by atoms with E-state index < -0.39 is 16.9 Å². The van der Waals surface area contributed by atoms with Crippen molar-refractivity contribution in [2.75, 3.05) is 13.2 Å². The van der Waals surface area contributed by atoms with Crippen molar-refractivity contribution in [1.29, 1.82) is 0 Å². The highest BCUT2D eigenvalue weighted by Gasteiger charge is 2.18. The minimum absolute atomic E-state index is 0.0302. The smallest absolute Gasteiger partial charge is 0.260 e. The topological polar surface area (TPSA) is 82.2 Å². The molecule has 0 aliphatic rings. The molecule has 0 unspecified atom stereocenters. The van der Waals surface area contributed by atoms with Crippen LogP contribution < -0.4 is 10.9 Å². The van der Waals surface area contributed by atoms with E-state index in [-0.39, 0.29) is 12.2 Å². The lowest BCUT2D eigenvalue weighted by Gasteiger charge is -2.21. The Morgan fingerprint density at radius 1 is 1.47 bits per heavy atom. The van der Waals surface area contributed by atoms with Crippen LogP contribution in [-0.2, 0) is 0 Å². The third-order valence-electron chi connectivity index (χ3n) is 2.46. The summed E-state index contributed by atoms with van der Waals surface area (Å²) in [7, 11) is 0. The summed E-state index contributed by atoms with van der Waals surface area (Å²) in [6, 6.07) is 3.17. The van der Waals surface area contributed by atoms with Gasteiger partial charge in [-0.05, 0) is 19.1 Å². The van der Waals surface area contributed by atoms with Crippen LogP contribution in [0.15, 0.2) is 16.9 Å². The molecule has 0 aromatic carbocycles. The van der Waals surface area contributed by atoms with Crippen LogP contribution in [0.4, 0.5) is 0 Å². The van der Waals surface area contributed by atoms with Crippen molar-refractivity contribution in [3.8, 4) is 0 Å². The molecule has 1 rings (SSSR count). The van der Waals surface area contributed by atoms with Gasteiger partial charge >= 0.3 is 0 Å². The van der Waals surface area contributed by atoms with Gasteiger partial charge in [-0.2, -0.15) is 0 Å². The first-order valence-corrected chi connectivity index (χ1v) is 5.45. The number of carbonyl (C=O) groups excluding carboxylic acids is 1. The first-order valence-electron chi connectivity index (χ1n) is 5.45. The number of pyridine rings is 1. The van der Waals surface area contributed by atoms with E-state index in [4.69, 9.17) is 5.11 Å². The summed E-state index contributed by atoms with van der Waals surface area (Å²) in [5, 5.41) is 11.7. The number of aryl methyl sites for hydroxylation is 1. The molecule has 0 fully saturated rings. The van der Waals surface area contributed by atoms with E-state index in [1.807, 2.05) is 13.8 Å². The predicted octanol–water partition coefficient (Wildman–Crippen LogP) is 0.432. The zero-order chi connectivity index (χ0) is 13.1. The Morgan fingerprint density at radius 2 is 2.12 bits per heavy atom. The number of nitrogens with one attached hydrogen (secondary N) is 2. The third kappa shape index (κ3) is 3.71. The van der Waals surface area contributed by atoms with Gasteiger partial charge in [0, 0.05) is 24.3 Å². The maximum atomic E-state index is 11.7. The number of aromatic nitrogens is 1. The molecule has 1 aromatic rings. The molecule has 5 nitrogen and oxygen atoms in total. The summed E-state index contributed by atoms with van der Waals surface area (Å²) in [6.45, 7) is 5.68. The van der Waals surface area contributed by atoms with E-state index in [1.165, 1.54) is 6.07 Å². The molecule has 0 aliphatic carbocycles. The monoisotopic (exact) mass is 238 g/mol. The molecule has 1 heterocycles. The van der Waals surface area contributed by atoms with Crippen LogP contribution in [0.5, 0.6) is 0 Å². The Labute approximate surface area is 99.9 Å². The molecule has 0 atom stereocenters. The van der Waals surface area contributed by atoms with Gasteiger partial charge in [0.1, 0.15) is 5.56 Å². The van der Waals surface area contributed by atoms with Crippen LogP contribution in [0.25, 0.3) is 0 Å².